The number of piperidine rings is 1. The molecule has 0 saturated carbocycles. The number of nitrogens with zero attached hydrogens (tertiary/aromatic N) is 4. The summed E-state index contributed by atoms with van der Waals surface area (Å²) in [5.74, 6) is -0.645. The Kier molecular flexibility index (Phi) is 6.96. The molecule has 1 fully saturated rings. The molecule has 194 valence electrons. The van der Waals surface area contributed by atoms with Gasteiger partial charge in [0.05, 0.1) is 34.2 Å². The van der Waals surface area contributed by atoms with E-state index in [4.69, 9.17) is 10.3 Å². The highest BCUT2D eigenvalue weighted by Gasteiger charge is 2.26. The molecule has 5 aromatic rings. The molecule has 1 saturated heterocycles. The number of benzene rings is 2. The number of carbonyl (C=O) groups is 1. The van der Waals surface area contributed by atoms with E-state index in [1.807, 2.05) is 31.2 Å². The molecule has 4 heterocycles. The standard InChI is InChI=1S/C28H25FN6O2.ClH/c1-16-25-26(35-12-2-3-21(30)15-35)24(14-31-28(25)37-34-16)33-27(36)22-11-8-18-4-5-19(13-23(18)32-22)17-6-9-20(29)10-7-17;/h4-11,13-14,21H,2-3,12,15,30H2,1H3,(H,33,36);1H/t21-;/m0./s1. The number of aryl methyl sites for hydroxylation is 1. The predicted octanol–water partition coefficient (Wildman–Crippen LogP) is 5.49. The fourth-order valence-electron chi connectivity index (χ4n) is 4.92. The van der Waals surface area contributed by atoms with Crippen LogP contribution in [0, 0.1) is 12.7 Å². The van der Waals surface area contributed by atoms with Crippen LogP contribution in [0.5, 0.6) is 0 Å². The van der Waals surface area contributed by atoms with E-state index >= 15 is 0 Å². The van der Waals surface area contributed by atoms with Crippen LogP contribution < -0.4 is 16.0 Å². The molecule has 38 heavy (non-hydrogen) atoms. The van der Waals surface area contributed by atoms with Gasteiger partial charge in [-0.3, -0.25) is 4.79 Å². The number of hydrogen-bond donors (Lipinski definition) is 2. The Morgan fingerprint density at radius 2 is 1.89 bits per heavy atom. The molecule has 0 unspecified atom stereocenters. The minimum Gasteiger partial charge on any atom is -0.368 e. The topological polar surface area (TPSA) is 110 Å². The van der Waals surface area contributed by atoms with Crippen LogP contribution in [0.1, 0.15) is 29.0 Å². The van der Waals surface area contributed by atoms with Gasteiger partial charge in [-0.05, 0) is 55.2 Å². The highest BCUT2D eigenvalue weighted by Crippen LogP contribution is 2.37. The molecular formula is C28H26ClFN6O2. The number of pyridine rings is 2. The summed E-state index contributed by atoms with van der Waals surface area (Å²) in [6.07, 6.45) is 3.50. The van der Waals surface area contributed by atoms with Crippen LogP contribution in [0.4, 0.5) is 15.8 Å². The van der Waals surface area contributed by atoms with Crippen molar-refractivity contribution in [1.29, 1.82) is 0 Å². The van der Waals surface area contributed by atoms with E-state index in [-0.39, 0.29) is 35.9 Å². The first kappa shape index (κ1) is 25.6. The van der Waals surface area contributed by atoms with Crippen molar-refractivity contribution >= 4 is 51.7 Å². The van der Waals surface area contributed by atoms with Gasteiger partial charge in [-0.25, -0.2) is 14.4 Å². The summed E-state index contributed by atoms with van der Waals surface area (Å²) in [4.78, 5) is 24.6. The van der Waals surface area contributed by atoms with E-state index in [0.717, 1.165) is 47.0 Å². The van der Waals surface area contributed by atoms with Gasteiger partial charge in [-0.1, -0.05) is 35.5 Å². The third kappa shape index (κ3) is 4.78. The van der Waals surface area contributed by atoms with Crippen LogP contribution in [-0.2, 0) is 0 Å². The molecule has 1 aliphatic rings. The monoisotopic (exact) mass is 532 g/mol. The summed E-state index contributed by atoms with van der Waals surface area (Å²) in [6, 6.07) is 15.7. The van der Waals surface area contributed by atoms with Crippen LogP contribution in [-0.4, -0.2) is 40.2 Å². The van der Waals surface area contributed by atoms with Gasteiger partial charge in [0, 0.05) is 24.5 Å². The Morgan fingerprint density at radius 1 is 1.13 bits per heavy atom. The molecule has 0 radical (unpaired) electrons. The van der Waals surface area contributed by atoms with E-state index in [9.17, 15) is 9.18 Å². The zero-order valence-corrected chi connectivity index (χ0v) is 21.5. The minimum absolute atomic E-state index is 0. The summed E-state index contributed by atoms with van der Waals surface area (Å²) >= 11 is 0. The predicted molar refractivity (Wildman–Crippen MR) is 148 cm³/mol. The number of anilines is 2. The average molecular weight is 533 g/mol. The SMILES string of the molecule is Cc1noc2ncc(NC(=O)c3ccc4ccc(-c5ccc(F)cc5)cc4n3)c(N3CCC[C@H](N)C3)c12.Cl. The number of carbonyl (C=O) groups excluding carboxylic acids is 1. The van der Waals surface area contributed by atoms with E-state index in [0.29, 0.717) is 29.2 Å². The van der Waals surface area contributed by atoms with Crippen molar-refractivity contribution in [3.63, 3.8) is 0 Å². The van der Waals surface area contributed by atoms with Crippen molar-refractivity contribution in [1.82, 2.24) is 15.1 Å². The summed E-state index contributed by atoms with van der Waals surface area (Å²) < 4.78 is 18.7. The zero-order valence-electron chi connectivity index (χ0n) is 20.6. The summed E-state index contributed by atoms with van der Waals surface area (Å²) in [6.45, 7) is 3.32. The molecule has 10 heteroatoms. The van der Waals surface area contributed by atoms with Gasteiger partial charge < -0.3 is 20.5 Å². The van der Waals surface area contributed by atoms with Crippen molar-refractivity contribution in [2.45, 2.75) is 25.8 Å². The van der Waals surface area contributed by atoms with Crippen LogP contribution >= 0.6 is 12.4 Å². The fourth-order valence-corrected chi connectivity index (χ4v) is 4.92. The smallest absolute Gasteiger partial charge is 0.274 e. The van der Waals surface area contributed by atoms with E-state index in [1.165, 1.54) is 12.1 Å². The van der Waals surface area contributed by atoms with Gasteiger partial charge in [0.2, 0.25) is 0 Å². The van der Waals surface area contributed by atoms with Gasteiger partial charge >= 0.3 is 0 Å². The lowest BCUT2D eigenvalue weighted by Crippen LogP contribution is -2.43. The second-order valence-corrected chi connectivity index (χ2v) is 9.38. The second-order valence-electron chi connectivity index (χ2n) is 9.38. The van der Waals surface area contributed by atoms with Gasteiger partial charge in [0.15, 0.2) is 0 Å². The molecule has 0 aliphatic carbocycles. The number of nitrogens with two attached hydrogens (primary N) is 1. The molecule has 1 amide bonds. The minimum atomic E-state index is -0.355. The summed E-state index contributed by atoms with van der Waals surface area (Å²) in [5, 5.41) is 8.75. The molecule has 3 aromatic heterocycles. The summed E-state index contributed by atoms with van der Waals surface area (Å²) in [5.41, 5.74) is 11.4. The number of fused-ring (bicyclic) bond motifs is 2. The Balaban J connectivity index is 0.00000294. The Bertz CT molecular complexity index is 1640. The van der Waals surface area contributed by atoms with E-state index in [2.05, 4.69) is 25.3 Å². The van der Waals surface area contributed by atoms with Crippen molar-refractivity contribution in [3.05, 3.63) is 78.0 Å². The normalized spacial score (nSPS) is 15.4. The Hall–Kier alpha value is -4.08. The lowest BCUT2D eigenvalue weighted by molar-refractivity contribution is 0.102. The fraction of sp³-hybridized carbons (Fsp3) is 0.214. The molecule has 2 aromatic carbocycles. The Labute approximate surface area is 224 Å². The van der Waals surface area contributed by atoms with Gasteiger partial charge in [-0.2, -0.15) is 0 Å². The van der Waals surface area contributed by atoms with Crippen molar-refractivity contribution in [3.8, 4) is 11.1 Å². The first-order valence-corrected chi connectivity index (χ1v) is 12.2. The van der Waals surface area contributed by atoms with Crippen molar-refractivity contribution in [2.75, 3.05) is 23.3 Å². The number of halogens is 2. The van der Waals surface area contributed by atoms with Crippen LogP contribution in [0.3, 0.4) is 0 Å². The lowest BCUT2D eigenvalue weighted by atomic mass is 10.0. The number of hydrogen-bond acceptors (Lipinski definition) is 7. The first-order valence-electron chi connectivity index (χ1n) is 12.2. The van der Waals surface area contributed by atoms with Gasteiger partial charge in [0.25, 0.3) is 11.6 Å². The number of amides is 1. The molecule has 3 N–H and O–H groups in total. The second kappa shape index (κ2) is 10.4. The van der Waals surface area contributed by atoms with Gasteiger partial charge in [0.1, 0.15) is 11.5 Å². The molecule has 8 nitrogen and oxygen atoms in total. The molecular weight excluding hydrogens is 507 g/mol. The highest BCUT2D eigenvalue weighted by molar-refractivity contribution is 6.09. The highest BCUT2D eigenvalue weighted by atomic mass is 35.5. The molecule has 0 spiro atoms. The third-order valence-corrected chi connectivity index (χ3v) is 6.77. The Morgan fingerprint density at radius 3 is 2.68 bits per heavy atom. The molecule has 1 atom stereocenters. The van der Waals surface area contributed by atoms with Gasteiger partial charge in [-0.15, -0.1) is 12.4 Å². The molecule has 6 rings (SSSR count). The van der Waals surface area contributed by atoms with Crippen molar-refractivity contribution < 1.29 is 13.7 Å². The maximum atomic E-state index is 13.4. The molecule has 1 aliphatic heterocycles. The van der Waals surface area contributed by atoms with Crippen molar-refractivity contribution in [2.24, 2.45) is 5.73 Å². The van der Waals surface area contributed by atoms with E-state index in [1.54, 1.807) is 24.4 Å². The number of aromatic nitrogens is 3. The summed E-state index contributed by atoms with van der Waals surface area (Å²) in [7, 11) is 0. The first-order chi connectivity index (χ1) is 18.0. The molecule has 0 bridgehead atoms. The number of rotatable bonds is 4. The largest absolute Gasteiger partial charge is 0.368 e. The maximum Gasteiger partial charge on any atom is 0.274 e. The zero-order chi connectivity index (χ0) is 25.5. The quantitative estimate of drug-likeness (QED) is 0.315. The van der Waals surface area contributed by atoms with Crippen LogP contribution in [0.2, 0.25) is 0 Å². The van der Waals surface area contributed by atoms with E-state index < -0.39 is 0 Å². The van der Waals surface area contributed by atoms with Crippen LogP contribution in [0.25, 0.3) is 33.1 Å². The number of nitrogens with one attached hydrogen (secondary N) is 1. The average Bonchev–Trinajstić information content (AvgIpc) is 3.29. The maximum absolute atomic E-state index is 13.4. The third-order valence-electron chi connectivity index (χ3n) is 6.77. The lowest BCUT2D eigenvalue weighted by Gasteiger charge is -2.34. The van der Waals surface area contributed by atoms with Crippen LogP contribution in [0.15, 0.2) is 65.3 Å².